The molecule has 0 aromatic heterocycles. The first-order valence-corrected chi connectivity index (χ1v) is 4.14. The van der Waals surface area contributed by atoms with Gasteiger partial charge in [0.1, 0.15) is 6.61 Å². The fourth-order valence-corrected chi connectivity index (χ4v) is 0.768. The van der Waals surface area contributed by atoms with E-state index in [4.69, 9.17) is 9.84 Å². The third-order valence-electron chi connectivity index (χ3n) is 1.48. The number of hydrogen-bond acceptors (Lipinski definition) is 3. The summed E-state index contributed by atoms with van der Waals surface area (Å²) in [6.45, 7) is 3.31. The van der Waals surface area contributed by atoms with Crippen molar-refractivity contribution in [2.75, 3.05) is 13.2 Å². The van der Waals surface area contributed by atoms with Gasteiger partial charge < -0.3 is 15.2 Å². The Hall–Kier alpha value is -1.10. The van der Waals surface area contributed by atoms with Crippen LogP contribution in [-0.4, -0.2) is 36.2 Å². The fraction of sp³-hybridized carbons (Fsp3) is 0.750. The van der Waals surface area contributed by atoms with Crippen molar-refractivity contribution in [1.82, 2.24) is 5.32 Å². The number of nitrogens with one attached hydrogen (secondary N) is 1. The van der Waals surface area contributed by atoms with E-state index >= 15 is 0 Å². The number of carboxylic acids is 1. The molecular formula is C8H15NO4. The van der Waals surface area contributed by atoms with Crippen LogP contribution in [0.4, 0.5) is 0 Å². The highest BCUT2D eigenvalue weighted by molar-refractivity contribution is 5.72. The average Bonchev–Trinajstić information content (AvgIpc) is 2.04. The van der Waals surface area contributed by atoms with Gasteiger partial charge in [0.05, 0.1) is 6.10 Å². The van der Waals surface area contributed by atoms with Crippen molar-refractivity contribution >= 4 is 11.9 Å². The highest BCUT2D eigenvalue weighted by Gasteiger charge is 2.08. The summed E-state index contributed by atoms with van der Waals surface area (Å²) in [4.78, 5) is 20.7. The first-order chi connectivity index (χ1) is 6.06. The van der Waals surface area contributed by atoms with Crippen molar-refractivity contribution in [3.63, 3.8) is 0 Å². The van der Waals surface area contributed by atoms with E-state index in [2.05, 4.69) is 5.32 Å². The van der Waals surface area contributed by atoms with Gasteiger partial charge in [-0.3, -0.25) is 4.79 Å². The maximum absolute atomic E-state index is 10.5. The molecule has 0 rings (SSSR count). The Morgan fingerprint density at radius 3 is 2.54 bits per heavy atom. The SMILES string of the molecule is CCC(CNC(C)=O)OCC(=O)O. The minimum atomic E-state index is -0.999. The summed E-state index contributed by atoms with van der Waals surface area (Å²) >= 11 is 0. The summed E-state index contributed by atoms with van der Waals surface area (Å²) in [5.41, 5.74) is 0. The Kier molecular flexibility index (Phi) is 5.88. The summed E-state index contributed by atoms with van der Waals surface area (Å²) in [7, 11) is 0. The summed E-state index contributed by atoms with van der Waals surface area (Å²) < 4.78 is 4.99. The van der Waals surface area contributed by atoms with Gasteiger partial charge in [-0.2, -0.15) is 0 Å². The van der Waals surface area contributed by atoms with Gasteiger partial charge in [0.25, 0.3) is 0 Å². The lowest BCUT2D eigenvalue weighted by Gasteiger charge is -2.14. The molecule has 13 heavy (non-hydrogen) atoms. The van der Waals surface area contributed by atoms with E-state index in [9.17, 15) is 9.59 Å². The van der Waals surface area contributed by atoms with Crippen LogP contribution in [-0.2, 0) is 14.3 Å². The lowest BCUT2D eigenvalue weighted by Crippen LogP contribution is -2.32. The van der Waals surface area contributed by atoms with Crippen LogP contribution in [0.3, 0.4) is 0 Å². The molecule has 0 heterocycles. The molecule has 2 N–H and O–H groups in total. The highest BCUT2D eigenvalue weighted by atomic mass is 16.5. The molecule has 76 valence electrons. The number of rotatable bonds is 6. The van der Waals surface area contributed by atoms with Gasteiger partial charge in [-0.25, -0.2) is 4.79 Å². The van der Waals surface area contributed by atoms with Crippen molar-refractivity contribution in [2.45, 2.75) is 26.4 Å². The predicted molar refractivity (Wildman–Crippen MR) is 46.4 cm³/mol. The maximum atomic E-state index is 10.5. The maximum Gasteiger partial charge on any atom is 0.329 e. The van der Waals surface area contributed by atoms with E-state index in [0.29, 0.717) is 13.0 Å². The summed E-state index contributed by atoms with van der Waals surface area (Å²) in [6, 6.07) is 0. The molecule has 0 fully saturated rings. The molecular weight excluding hydrogens is 174 g/mol. The smallest absolute Gasteiger partial charge is 0.329 e. The zero-order valence-corrected chi connectivity index (χ0v) is 7.87. The van der Waals surface area contributed by atoms with Crippen molar-refractivity contribution in [3.05, 3.63) is 0 Å². The summed E-state index contributed by atoms with van der Waals surface area (Å²) in [5, 5.41) is 10.9. The largest absolute Gasteiger partial charge is 0.480 e. The molecule has 0 aromatic rings. The van der Waals surface area contributed by atoms with Crippen LogP contribution in [0.15, 0.2) is 0 Å². The number of carbonyl (C=O) groups excluding carboxylic acids is 1. The Labute approximate surface area is 77.1 Å². The summed E-state index contributed by atoms with van der Waals surface area (Å²) in [6.07, 6.45) is 0.452. The second-order valence-corrected chi connectivity index (χ2v) is 2.67. The molecule has 1 amide bonds. The van der Waals surface area contributed by atoms with Gasteiger partial charge in [0, 0.05) is 13.5 Å². The van der Waals surface area contributed by atoms with Crippen LogP contribution in [0, 0.1) is 0 Å². The van der Waals surface area contributed by atoms with E-state index < -0.39 is 5.97 Å². The van der Waals surface area contributed by atoms with Gasteiger partial charge in [0.2, 0.25) is 5.91 Å². The zero-order valence-electron chi connectivity index (χ0n) is 7.87. The normalized spacial score (nSPS) is 12.2. The van der Waals surface area contributed by atoms with Crippen molar-refractivity contribution in [3.8, 4) is 0 Å². The highest BCUT2D eigenvalue weighted by Crippen LogP contribution is 1.95. The molecule has 0 spiro atoms. The van der Waals surface area contributed by atoms with Gasteiger partial charge in [-0.15, -0.1) is 0 Å². The van der Waals surface area contributed by atoms with Crippen LogP contribution in [0.25, 0.3) is 0 Å². The first kappa shape index (κ1) is 11.9. The quantitative estimate of drug-likeness (QED) is 0.616. The predicted octanol–water partition coefficient (Wildman–Crippen LogP) is 0.00230. The molecule has 5 nitrogen and oxygen atoms in total. The van der Waals surface area contributed by atoms with Crippen molar-refractivity contribution in [2.24, 2.45) is 0 Å². The Bertz CT molecular complexity index is 163. The minimum absolute atomic E-state index is 0.141. The molecule has 0 bridgehead atoms. The van der Waals surface area contributed by atoms with E-state index in [1.54, 1.807) is 0 Å². The summed E-state index contributed by atoms with van der Waals surface area (Å²) in [5.74, 6) is -1.14. The molecule has 0 saturated heterocycles. The lowest BCUT2D eigenvalue weighted by atomic mass is 10.3. The molecule has 0 aromatic carbocycles. The molecule has 1 atom stereocenters. The van der Waals surface area contributed by atoms with Crippen LogP contribution >= 0.6 is 0 Å². The van der Waals surface area contributed by atoms with Crippen molar-refractivity contribution < 1.29 is 19.4 Å². The van der Waals surface area contributed by atoms with E-state index in [1.165, 1.54) is 6.92 Å². The third kappa shape index (κ3) is 7.27. The van der Waals surface area contributed by atoms with Crippen LogP contribution in [0.1, 0.15) is 20.3 Å². The van der Waals surface area contributed by atoms with Gasteiger partial charge >= 0.3 is 5.97 Å². The monoisotopic (exact) mass is 189 g/mol. The third-order valence-corrected chi connectivity index (χ3v) is 1.48. The minimum Gasteiger partial charge on any atom is -0.480 e. The number of carboxylic acid groups (broad SMARTS) is 1. The second-order valence-electron chi connectivity index (χ2n) is 2.67. The van der Waals surface area contributed by atoms with Crippen LogP contribution in [0.2, 0.25) is 0 Å². The fourth-order valence-electron chi connectivity index (χ4n) is 0.768. The molecule has 0 aliphatic heterocycles. The Morgan fingerprint density at radius 1 is 1.54 bits per heavy atom. The number of amides is 1. The number of carbonyl (C=O) groups is 2. The Morgan fingerprint density at radius 2 is 2.15 bits per heavy atom. The number of ether oxygens (including phenoxy) is 1. The van der Waals surface area contributed by atoms with E-state index in [0.717, 1.165) is 0 Å². The van der Waals surface area contributed by atoms with Crippen LogP contribution < -0.4 is 5.32 Å². The molecule has 0 saturated carbocycles. The molecule has 0 radical (unpaired) electrons. The second kappa shape index (κ2) is 6.42. The number of aliphatic carboxylic acids is 1. The topological polar surface area (TPSA) is 75.6 Å². The van der Waals surface area contributed by atoms with E-state index in [-0.39, 0.29) is 18.6 Å². The molecule has 0 aliphatic rings. The van der Waals surface area contributed by atoms with Gasteiger partial charge in [-0.1, -0.05) is 6.92 Å². The Balaban J connectivity index is 3.63. The zero-order chi connectivity index (χ0) is 10.3. The van der Waals surface area contributed by atoms with Crippen molar-refractivity contribution in [1.29, 1.82) is 0 Å². The molecule has 5 heteroatoms. The van der Waals surface area contributed by atoms with Gasteiger partial charge in [0.15, 0.2) is 0 Å². The molecule has 0 aliphatic carbocycles. The number of hydrogen-bond donors (Lipinski definition) is 2. The standard InChI is InChI=1S/C8H15NO4/c1-3-7(4-9-6(2)10)13-5-8(11)12/h7H,3-5H2,1-2H3,(H,9,10)(H,11,12). The van der Waals surface area contributed by atoms with Crippen LogP contribution in [0.5, 0.6) is 0 Å². The van der Waals surface area contributed by atoms with Gasteiger partial charge in [-0.05, 0) is 6.42 Å². The molecule has 1 unspecified atom stereocenters. The lowest BCUT2D eigenvalue weighted by molar-refractivity contribution is -0.144. The van der Waals surface area contributed by atoms with E-state index in [1.807, 2.05) is 6.92 Å². The average molecular weight is 189 g/mol. The first-order valence-electron chi connectivity index (χ1n) is 4.14.